The van der Waals surface area contributed by atoms with Crippen LogP contribution in [0.2, 0.25) is 0 Å². The zero-order valence-electron chi connectivity index (χ0n) is 20.5. The van der Waals surface area contributed by atoms with E-state index in [1.807, 2.05) is 0 Å². The highest BCUT2D eigenvalue weighted by Crippen LogP contribution is 2.67. The van der Waals surface area contributed by atoms with E-state index < -0.39 is 0 Å². The molecule has 176 valence electrons. The first-order valence-electron chi connectivity index (χ1n) is 13.5. The van der Waals surface area contributed by atoms with Crippen molar-refractivity contribution in [3.8, 4) is 0 Å². The third-order valence-electron chi connectivity index (χ3n) is 11.4. The van der Waals surface area contributed by atoms with Gasteiger partial charge in [-0.15, -0.1) is 0 Å². The van der Waals surface area contributed by atoms with Gasteiger partial charge in [-0.3, -0.25) is 4.90 Å². The molecule has 5 fully saturated rings. The quantitative estimate of drug-likeness (QED) is 0.588. The van der Waals surface area contributed by atoms with Gasteiger partial charge < -0.3 is 10.2 Å². The highest BCUT2D eigenvalue weighted by Gasteiger charge is 2.61. The molecule has 0 bridgehead atoms. The van der Waals surface area contributed by atoms with Gasteiger partial charge in [-0.05, 0) is 118 Å². The summed E-state index contributed by atoms with van der Waals surface area (Å²) in [5, 5.41) is 21.5. The van der Waals surface area contributed by atoms with Crippen molar-refractivity contribution in [1.82, 2.24) is 4.90 Å². The molecule has 1 saturated heterocycles. The molecule has 4 aliphatic carbocycles. The van der Waals surface area contributed by atoms with Crippen LogP contribution < -0.4 is 0 Å². The van der Waals surface area contributed by atoms with Crippen LogP contribution in [-0.4, -0.2) is 47.0 Å². The average molecular weight is 430 g/mol. The Morgan fingerprint density at radius 2 is 1.55 bits per heavy atom. The largest absolute Gasteiger partial charge is 0.393 e. The lowest BCUT2D eigenvalue weighted by molar-refractivity contribution is -0.169. The SMILES string of the molecule is CC1CCC(C=CC2CCC3C4CC(O)C5CC(O)CCC5(C)C4CCC23C)N(C)C1. The number of hydrogen-bond acceptors (Lipinski definition) is 3. The van der Waals surface area contributed by atoms with Crippen LogP contribution in [0.4, 0.5) is 0 Å². The molecular weight excluding hydrogens is 382 g/mol. The highest BCUT2D eigenvalue weighted by atomic mass is 16.3. The number of fused-ring (bicyclic) bond motifs is 5. The Kier molecular flexibility index (Phi) is 5.88. The first kappa shape index (κ1) is 22.4. The van der Waals surface area contributed by atoms with Gasteiger partial charge in [0, 0.05) is 12.6 Å². The van der Waals surface area contributed by atoms with Crippen molar-refractivity contribution >= 4 is 0 Å². The van der Waals surface area contributed by atoms with Crippen molar-refractivity contribution in [3.63, 3.8) is 0 Å². The Morgan fingerprint density at radius 1 is 0.806 bits per heavy atom. The van der Waals surface area contributed by atoms with Crippen LogP contribution in [0.25, 0.3) is 0 Å². The number of piperidine rings is 1. The second-order valence-electron chi connectivity index (χ2n) is 13.0. The summed E-state index contributed by atoms with van der Waals surface area (Å²) in [5.74, 6) is 4.05. The van der Waals surface area contributed by atoms with E-state index in [0.717, 1.165) is 43.4 Å². The minimum atomic E-state index is -0.212. The molecule has 11 unspecified atom stereocenters. The number of allylic oxidation sites excluding steroid dienone is 1. The average Bonchev–Trinajstić information content (AvgIpc) is 3.05. The third-order valence-corrected chi connectivity index (χ3v) is 11.4. The van der Waals surface area contributed by atoms with Crippen molar-refractivity contribution in [1.29, 1.82) is 0 Å². The maximum atomic E-state index is 11.2. The monoisotopic (exact) mass is 429 g/mol. The maximum Gasteiger partial charge on any atom is 0.0577 e. The molecular formula is C28H47NO2. The van der Waals surface area contributed by atoms with E-state index in [0.29, 0.717) is 29.2 Å². The van der Waals surface area contributed by atoms with Crippen molar-refractivity contribution < 1.29 is 10.2 Å². The Balaban J connectivity index is 1.33. The second-order valence-corrected chi connectivity index (χ2v) is 13.0. The van der Waals surface area contributed by atoms with Gasteiger partial charge in [0.1, 0.15) is 0 Å². The molecule has 0 spiro atoms. The number of nitrogens with zero attached hydrogens (tertiary/aromatic N) is 1. The fraction of sp³-hybridized carbons (Fsp3) is 0.929. The standard InChI is InChI=1S/C28H47NO2/c1-18-5-8-20(29(4)17-18)9-6-19-7-10-23-22-16-26(31)25-15-21(30)11-13-28(25,3)24(22)12-14-27(19,23)2/h6,9,18-26,30-31H,5,7-8,10-17H2,1-4H3. The Labute approximate surface area is 190 Å². The van der Waals surface area contributed by atoms with E-state index in [4.69, 9.17) is 0 Å². The number of hydrogen-bond donors (Lipinski definition) is 2. The maximum absolute atomic E-state index is 11.2. The summed E-state index contributed by atoms with van der Waals surface area (Å²) in [6.07, 6.45) is 16.7. The summed E-state index contributed by atoms with van der Waals surface area (Å²) in [5.41, 5.74) is 0.646. The van der Waals surface area contributed by atoms with Crippen LogP contribution in [0, 0.1) is 46.3 Å². The first-order chi connectivity index (χ1) is 14.7. The van der Waals surface area contributed by atoms with Crippen molar-refractivity contribution in [3.05, 3.63) is 12.2 Å². The molecule has 11 atom stereocenters. The molecule has 0 aromatic heterocycles. The van der Waals surface area contributed by atoms with E-state index >= 15 is 0 Å². The molecule has 1 aliphatic heterocycles. The second kappa shape index (κ2) is 8.13. The van der Waals surface area contributed by atoms with Crippen LogP contribution in [0.15, 0.2) is 12.2 Å². The summed E-state index contributed by atoms with van der Waals surface area (Å²) in [6.45, 7) is 8.68. The Bertz CT molecular complexity index is 692. The van der Waals surface area contributed by atoms with E-state index in [1.165, 1.54) is 45.1 Å². The predicted molar refractivity (Wildman–Crippen MR) is 127 cm³/mol. The number of likely N-dealkylation sites (tertiary alicyclic amines) is 1. The Morgan fingerprint density at radius 3 is 2.32 bits per heavy atom. The Hall–Kier alpha value is -0.380. The van der Waals surface area contributed by atoms with E-state index in [-0.39, 0.29) is 17.6 Å². The fourth-order valence-corrected chi connectivity index (χ4v) is 9.53. The van der Waals surface area contributed by atoms with Gasteiger partial charge in [-0.2, -0.15) is 0 Å². The summed E-state index contributed by atoms with van der Waals surface area (Å²) in [4.78, 5) is 2.56. The van der Waals surface area contributed by atoms with Gasteiger partial charge in [-0.1, -0.05) is 32.9 Å². The van der Waals surface area contributed by atoms with Gasteiger partial charge in [0.15, 0.2) is 0 Å². The van der Waals surface area contributed by atoms with Crippen LogP contribution in [0.5, 0.6) is 0 Å². The zero-order chi connectivity index (χ0) is 22.0. The number of aliphatic hydroxyl groups is 2. The lowest BCUT2D eigenvalue weighted by atomic mass is 9.44. The molecule has 3 nitrogen and oxygen atoms in total. The van der Waals surface area contributed by atoms with E-state index in [9.17, 15) is 10.2 Å². The molecule has 4 saturated carbocycles. The number of likely N-dealkylation sites (N-methyl/N-ethyl adjacent to an activating group) is 1. The minimum absolute atomic E-state index is 0.194. The zero-order valence-corrected chi connectivity index (χ0v) is 20.5. The van der Waals surface area contributed by atoms with Gasteiger partial charge >= 0.3 is 0 Å². The van der Waals surface area contributed by atoms with Gasteiger partial charge in [0.2, 0.25) is 0 Å². The van der Waals surface area contributed by atoms with Crippen molar-refractivity contribution in [2.24, 2.45) is 46.3 Å². The highest BCUT2D eigenvalue weighted by molar-refractivity contribution is 5.14. The number of aliphatic hydroxyl groups excluding tert-OH is 2. The molecule has 5 rings (SSSR count). The summed E-state index contributed by atoms with van der Waals surface area (Å²) in [6, 6.07) is 0.625. The molecule has 31 heavy (non-hydrogen) atoms. The topological polar surface area (TPSA) is 43.7 Å². The molecule has 0 aromatic carbocycles. The van der Waals surface area contributed by atoms with Gasteiger partial charge in [-0.25, -0.2) is 0 Å². The fourth-order valence-electron chi connectivity index (χ4n) is 9.53. The molecule has 0 radical (unpaired) electrons. The summed E-state index contributed by atoms with van der Waals surface area (Å²) in [7, 11) is 2.30. The lowest BCUT2D eigenvalue weighted by Gasteiger charge is -2.62. The van der Waals surface area contributed by atoms with Crippen LogP contribution in [0.3, 0.4) is 0 Å². The molecule has 3 heteroatoms. The van der Waals surface area contributed by atoms with E-state index in [2.05, 4.69) is 44.9 Å². The van der Waals surface area contributed by atoms with Crippen molar-refractivity contribution in [2.75, 3.05) is 13.6 Å². The van der Waals surface area contributed by atoms with Crippen LogP contribution in [-0.2, 0) is 0 Å². The predicted octanol–water partition coefficient (Wildman–Crippen LogP) is 5.26. The smallest absolute Gasteiger partial charge is 0.0577 e. The molecule has 0 amide bonds. The number of rotatable bonds is 2. The summed E-state index contributed by atoms with van der Waals surface area (Å²) >= 11 is 0. The molecule has 1 heterocycles. The summed E-state index contributed by atoms with van der Waals surface area (Å²) < 4.78 is 0. The molecule has 5 aliphatic rings. The third kappa shape index (κ3) is 3.66. The van der Waals surface area contributed by atoms with Crippen LogP contribution >= 0.6 is 0 Å². The van der Waals surface area contributed by atoms with Crippen molar-refractivity contribution in [2.45, 2.75) is 103 Å². The molecule has 2 N–H and O–H groups in total. The first-order valence-corrected chi connectivity index (χ1v) is 13.5. The van der Waals surface area contributed by atoms with Crippen LogP contribution in [0.1, 0.15) is 85.0 Å². The minimum Gasteiger partial charge on any atom is -0.393 e. The van der Waals surface area contributed by atoms with E-state index in [1.54, 1.807) is 0 Å². The lowest BCUT2D eigenvalue weighted by Crippen LogP contribution is -2.58. The molecule has 0 aromatic rings. The normalized spacial score (nSPS) is 55.6. The van der Waals surface area contributed by atoms with Gasteiger partial charge in [0.25, 0.3) is 0 Å². The van der Waals surface area contributed by atoms with Gasteiger partial charge in [0.05, 0.1) is 12.2 Å².